The first kappa shape index (κ1) is 14.7. The summed E-state index contributed by atoms with van der Waals surface area (Å²) in [6.07, 6.45) is 3.32. The molecule has 0 amide bonds. The molecular formula is C16H17F2N3O. The fraction of sp³-hybridized carbons (Fsp3) is 0.312. The Balaban J connectivity index is 1.73. The van der Waals surface area contributed by atoms with E-state index in [1.165, 1.54) is 12.1 Å². The molecule has 22 heavy (non-hydrogen) atoms. The van der Waals surface area contributed by atoms with E-state index in [2.05, 4.69) is 10.3 Å². The number of ether oxygens (including phenoxy) is 1. The van der Waals surface area contributed by atoms with E-state index in [1.54, 1.807) is 18.5 Å². The van der Waals surface area contributed by atoms with Gasteiger partial charge in [-0.1, -0.05) is 0 Å². The maximum atomic E-state index is 13.4. The number of piperazine rings is 1. The van der Waals surface area contributed by atoms with Crippen LogP contribution in [0.5, 0.6) is 5.75 Å². The molecule has 0 spiro atoms. The molecule has 116 valence electrons. The topological polar surface area (TPSA) is 37.4 Å². The molecule has 1 aromatic heterocycles. The van der Waals surface area contributed by atoms with Crippen LogP contribution >= 0.6 is 0 Å². The number of hydrogen-bond acceptors (Lipinski definition) is 4. The summed E-state index contributed by atoms with van der Waals surface area (Å²) in [6.45, 7) is 2.54. The molecule has 0 aliphatic carbocycles. The van der Waals surface area contributed by atoms with Crippen molar-refractivity contribution in [2.75, 3.05) is 31.1 Å². The summed E-state index contributed by atoms with van der Waals surface area (Å²) in [6, 6.07) is 7.21. The Labute approximate surface area is 127 Å². The summed E-state index contributed by atoms with van der Waals surface area (Å²) < 4.78 is 32.6. The average molecular weight is 305 g/mol. The van der Waals surface area contributed by atoms with Crippen LogP contribution in [-0.4, -0.2) is 37.3 Å². The Kier molecular flexibility index (Phi) is 4.48. The Morgan fingerprint density at radius 3 is 2.82 bits per heavy atom. The van der Waals surface area contributed by atoms with Crippen molar-refractivity contribution in [3.05, 3.63) is 54.4 Å². The van der Waals surface area contributed by atoms with Gasteiger partial charge in [0.05, 0.1) is 12.2 Å². The van der Waals surface area contributed by atoms with Gasteiger partial charge in [0.15, 0.2) is 0 Å². The zero-order valence-electron chi connectivity index (χ0n) is 12.0. The van der Waals surface area contributed by atoms with Crippen LogP contribution in [0.25, 0.3) is 0 Å². The van der Waals surface area contributed by atoms with Crippen molar-refractivity contribution < 1.29 is 13.5 Å². The SMILES string of the molecule is Fc1cc(F)cc(N2CCNCC2COc2cccnc2)c1. The maximum absolute atomic E-state index is 13.4. The van der Waals surface area contributed by atoms with E-state index in [1.807, 2.05) is 11.0 Å². The van der Waals surface area contributed by atoms with Crippen molar-refractivity contribution in [3.63, 3.8) is 0 Å². The zero-order chi connectivity index (χ0) is 15.4. The predicted molar refractivity (Wildman–Crippen MR) is 80.1 cm³/mol. The van der Waals surface area contributed by atoms with Gasteiger partial charge in [0.2, 0.25) is 0 Å². The van der Waals surface area contributed by atoms with Crippen LogP contribution in [0.1, 0.15) is 0 Å². The van der Waals surface area contributed by atoms with E-state index in [-0.39, 0.29) is 6.04 Å². The van der Waals surface area contributed by atoms with Crippen molar-refractivity contribution in [1.82, 2.24) is 10.3 Å². The second kappa shape index (κ2) is 6.70. The molecule has 1 aromatic carbocycles. The van der Waals surface area contributed by atoms with E-state index in [4.69, 9.17) is 4.74 Å². The lowest BCUT2D eigenvalue weighted by Crippen LogP contribution is -2.54. The van der Waals surface area contributed by atoms with Gasteiger partial charge in [-0.3, -0.25) is 4.98 Å². The van der Waals surface area contributed by atoms with E-state index in [9.17, 15) is 8.78 Å². The molecule has 1 aliphatic heterocycles. The van der Waals surface area contributed by atoms with Gasteiger partial charge in [-0.05, 0) is 24.3 Å². The van der Waals surface area contributed by atoms with Crippen molar-refractivity contribution in [2.24, 2.45) is 0 Å². The predicted octanol–water partition coefficient (Wildman–Crippen LogP) is 2.22. The fourth-order valence-corrected chi connectivity index (χ4v) is 2.58. The van der Waals surface area contributed by atoms with Gasteiger partial charge in [0.25, 0.3) is 0 Å². The maximum Gasteiger partial charge on any atom is 0.137 e. The first-order valence-corrected chi connectivity index (χ1v) is 7.18. The molecule has 0 radical (unpaired) electrons. The second-order valence-electron chi connectivity index (χ2n) is 5.18. The molecule has 1 saturated heterocycles. The first-order chi connectivity index (χ1) is 10.7. The minimum atomic E-state index is -0.569. The van der Waals surface area contributed by atoms with E-state index in [0.717, 1.165) is 12.6 Å². The van der Waals surface area contributed by atoms with Crippen molar-refractivity contribution in [3.8, 4) is 5.75 Å². The Bertz CT molecular complexity index is 604. The Morgan fingerprint density at radius 1 is 1.27 bits per heavy atom. The Morgan fingerprint density at radius 2 is 2.09 bits per heavy atom. The fourth-order valence-electron chi connectivity index (χ4n) is 2.58. The molecule has 0 saturated carbocycles. The zero-order valence-corrected chi connectivity index (χ0v) is 12.0. The summed E-state index contributed by atoms with van der Waals surface area (Å²) in [5.74, 6) is -0.459. The third-order valence-corrected chi connectivity index (χ3v) is 3.61. The molecule has 1 fully saturated rings. The molecule has 2 heterocycles. The van der Waals surface area contributed by atoms with E-state index < -0.39 is 11.6 Å². The van der Waals surface area contributed by atoms with Gasteiger partial charge in [-0.2, -0.15) is 0 Å². The molecule has 3 rings (SSSR count). The monoisotopic (exact) mass is 305 g/mol. The molecule has 1 aliphatic rings. The van der Waals surface area contributed by atoms with Gasteiger partial charge >= 0.3 is 0 Å². The van der Waals surface area contributed by atoms with Gasteiger partial charge < -0.3 is 15.0 Å². The van der Waals surface area contributed by atoms with Crippen LogP contribution in [0.2, 0.25) is 0 Å². The molecule has 4 nitrogen and oxygen atoms in total. The van der Waals surface area contributed by atoms with E-state index >= 15 is 0 Å². The lowest BCUT2D eigenvalue weighted by molar-refractivity contribution is 0.266. The summed E-state index contributed by atoms with van der Waals surface area (Å²) in [4.78, 5) is 5.97. The molecule has 6 heteroatoms. The number of nitrogens with one attached hydrogen (secondary N) is 1. The smallest absolute Gasteiger partial charge is 0.137 e. The van der Waals surface area contributed by atoms with Crippen molar-refractivity contribution in [2.45, 2.75) is 6.04 Å². The van der Waals surface area contributed by atoms with Crippen molar-refractivity contribution in [1.29, 1.82) is 0 Å². The number of hydrogen-bond donors (Lipinski definition) is 1. The highest BCUT2D eigenvalue weighted by Gasteiger charge is 2.24. The van der Waals surface area contributed by atoms with Crippen LogP contribution in [0, 0.1) is 11.6 Å². The highest BCUT2D eigenvalue weighted by Crippen LogP contribution is 2.22. The lowest BCUT2D eigenvalue weighted by Gasteiger charge is -2.37. The quantitative estimate of drug-likeness (QED) is 0.940. The summed E-state index contributed by atoms with van der Waals surface area (Å²) in [7, 11) is 0. The van der Waals surface area contributed by atoms with Gasteiger partial charge in [-0.25, -0.2) is 8.78 Å². The first-order valence-electron chi connectivity index (χ1n) is 7.18. The number of nitrogens with zero attached hydrogens (tertiary/aromatic N) is 2. The summed E-state index contributed by atoms with van der Waals surface area (Å²) in [5, 5.41) is 3.28. The number of pyridine rings is 1. The molecule has 1 atom stereocenters. The van der Waals surface area contributed by atoms with Crippen molar-refractivity contribution >= 4 is 5.69 Å². The number of anilines is 1. The minimum Gasteiger partial charge on any atom is -0.490 e. The second-order valence-corrected chi connectivity index (χ2v) is 5.18. The Hall–Kier alpha value is -2.21. The highest BCUT2D eigenvalue weighted by molar-refractivity contribution is 5.48. The standard InChI is InChI=1S/C16H17F2N3O/c17-12-6-13(18)8-14(7-12)21-5-4-20-9-15(21)11-22-16-2-1-3-19-10-16/h1-3,6-8,10,15,20H,4-5,9,11H2. The third kappa shape index (κ3) is 3.51. The average Bonchev–Trinajstić information content (AvgIpc) is 2.53. The van der Waals surface area contributed by atoms with Crippen LogP contribution in [0.4, 0.5) is 14.5 Å². The van der Waals surface area contributed by atoms with Gasteiger partial charge in [0.1, 0.15) is 24.0 Å². The van der Waals surface area contributed by atoms with Crippen LogP contribution in [0.15, 0.2) is 42.7 Å². The third-order valence-electron chi connectivity index (χ3n) is 3.61. The largest absolute Gasteiger partial charge is 0.490 e. The molecule has 1 N–H and O–H groups in total. The van der Waals surface area contributed by atoms with Crippen LogP contribution in [0.3, 0.4) is 0 Å². The molecular weight excluding hydrogens is 288 g/mol. The number of rotatable bonds is 4. The van der Waals surface area contributed by atoms with Gasteiger partial charge in [-0.15, -0.1) is 0 Å². The number of aromatic nitrogens is 1. The minimum absolute atomic E-state index is 0.00449. The van der Waals surface area contributed by atoms with Crippen LogP contribution in [-0.2, 0) is 0 Å². The molecule has 0 bridgehead atoms. The molecule has 1 unspecified atom stereocenters. The summed E-state index contributed by atoms with van der Waals surface area (Å²) >= 11 is 0. The van der Waals surface area contributed by atoms with E-state index in [0.29, 0.717) is 31.1 Å². The number of benzene rings is 1. The summed E-state index contributed by atoms with van der Waals surface area (Å²) in [5.41, 5.74) is 0.541. The number of halogens is 2. The molecule has 2 aromatic rings. The van der Waals surface area contributed by atoms with Gasteiger partial charge in [0, 0.05) is 37.6 Å². The normalized spacial score (nSPS) is 18.3. The highest BCUT2D eigenvalue weighted by atomic mass is 19.1. The lowest BCUT2D eigenvalue weighted by atomic mass is 10.1. The van der Waals surface area contributed by atoms with Crippen LogP contribution < -0.4 is 15.0 Å².